The maximum absolute atomic E-state index is 13.2. The minimum Gasteiger partial charge on any atom is -0.444 e. The Morgan fingerprint density at radius 3 is 2.47 bits per heavy atom. The molecule has 0 spiro atoms. The fraction of sp³-hybridized carbons (Fsp3) is 0.500. The normalized spacial score (nSPS) is 18.2. The van der Waals surface area contributed by atoms with E-state index in [-0.39, 0.29) is 17.6 Å². The molecule has 2 aromatic rings. The molecule has 7 nitrogen and oxygen atoms in total. The molecule has 1 aliphatic rings. The lowest BCUT2D eigenvalue weighted by molar-refractivity contribution is -0.137. The Morgan fingerprint density at radius 1 is 1.14 bits per heavy atom. The highest BCUT2D eigenvalue weighted by molar-refractivity contribution is 6.03. The Labute approximate surface area is 208 Å². The standard InChI is InChI=1S/C26H33F3N4O3/c1-6-20-21(7-2)33(19-13-8-9-14-32(16-19)24(35)36-25(3,4)5)23(30-20)31-22(34)17-11-10-12-18(15-17)26(27,28)29/h6-7,10-12,15,19H,8-9,13-14,16H2,1-5H3,(H,30,31,34). The molecule has 1 N–H and O–H groups in total. The lowest BCUT2D eigenvalue weighted by atomic mass is 10.1. The summed E-state index contributed by atoms with van der Waals surface area (Å²) >= 11 is 0. The smallest absolute Gasteiger partial charge is 0.416 e. The van der Waals surface area contributed by atoms with E-state index < -0.39 is 29.3 Å². The van der Waals surface area contributed by atoms with Crippen molar-refractivity contribution < 1.29 is 27.5 Å². The van der Waals surface area contributed by atoms with Crippen LogP contribution in [0.15, 0.2) is 24.3 Å². The van der Waals surface area contributed by atoms with Gasteiger partial charge in [-0.3, -0.25) is 10.1 Å². The number of amides is 2. The third-order valence-electron chi connectivity index (χ3n) is 5.86. The van der Waals surface area contributed by atoms with Crippen molar-refractivity contribution in [1.82, 2.24) is 14.5 Å². The Balaban J connectivity index is 1.98. The molecule has 1 aliphatic heterocycles. The zero-order valence-corrected chi connectivity index (χ0v) is 21.3. The summed E-state index contributed by atoms with van der Waals surface area (Å²) in [6, 6.07) is 4.04. The highest BCUT2D eigenvalue weighted by Gasteiger charge is 2.32. The van der Waals surface area contributed by atoms with Crippen molar-refractivity contribution in [2.45, 2.75) is 71.7 Å². The number of nitrogens with zero attached hydrogens (tertiary/aromatic N) is 3. The van der Waals surface area contributed by atoms with Gasteiger partial charge in [0.2, 0.25) is 5.95 Å². The van der Waals surface area contributed by atoms with Gasteiger partial charge in [0.1, 0.15) is 5.60 Å². The van der Waals surface area contributed by atoms with Crippen LogP contribution >= 0.6 is 0 Å². The number of imidazole rings is 1. The lowest BCUT2D eigenvalue weighted by Gasteiger charge is -2.29. The summed E-state index contributed by atoms with van der Waals surface area (Å²) < 4.78 is 46.9. The molecular weight excluding hydrogens is 473 g/mol. The van der Waals surface area contributed by atoms with Crippen LogP contribution in [0.3, 0.4) is 0 Å². The van der Waals surface area contributed by atoms with Gasteiger partial charge in [-0.1, -0.05) is 18.2 Å². The zero-order chi connectivity index (χ0) is 26.7. The van der Waals surface area contributed by atoms with Gasteiger partial charge >= 0.3 is 12.3 Å². The van der Waals surface area contributed by atoms with Crippen molar-refractivity contribution >= 4 is 30.1 Å². The van der Waals surface area contributed by atoms with Crippen LogP contribution in [-0.2, 0) is 10.9 Å². The molecule has 1 unspecified atom stereocenters. The first-order valence-electron chi connectivity index (χ1n) is 12.0. The monoisotopic (exact) mass is 506 g/mol. The van der Waals surface area contributed by atoms with Gasteiger partial charge < -0.3 is 14.2 Å². The van der Waals surface area contributed by atoms with Crippen molar-refractivity contribution in [2.75, 3.05) is 18.4 Å². The molecule has 2 heterocycles. The van der Waals surface area contributed by atoms with Gasteiger partial charge in [0.25, 0.3) is 5.91 Å². The minimum atomic E-state index is -4.56. The van der Waals surface area contributed by atoms with Gasteiger partial charge in [0, 0.05) is 18.7 Å². The zero-order valence-electron chi connectivity index (χ0n) is 21.3. The van der Waals surface area contributed by atoms with Crippen LogP contribution in [0.25, 0.3) is 12.2 Å². The van der Waals surface area contributed by atoms with E-state index in [0.29, 0.717) is 18.4 Å². The number of carbonyl (C=O) groups is 2. The van der Waals surface area contributed by atoms with Crippen LogP contribution in [0.5, 0.6) is 0 Å². The quantitative estimate of drug-likeness (QED) is 0.654. The van der Waals surface area contributed by atoms with Gasteiger partial charge in [-0.25, -0.2) is 9.78 Å². The topological polar surface area (TPSA) is 76.5 Å². The van der Waals surface area contributed by atoms with E-state index in [1.807, 2.05) is 45.3 Å². The van der Waals surface area contributed by atoms with Crippen LogP contribution in [0.1, 0.15) is 75.8 Å². The van der Waals surface area contributed by atoms with Crippen molar-refractivity contribution in [1.29, 1.82) is 0 Å². The summed E-state index contributed by atoms with van der Waals surface area (Å²) in [5.41, 5.74) is -1.66. The number of halogens is 3. The van der Waals surface area contributed by atoms with Crippen LogP contribution in [0, 0.1) is 0 Å². The first kappa shape index (κ1) is 27.3. The third-order valence-corrected chi connectivity index (χ3v) is 5.86. The molecule has 36 heavy (non-hydrogen) atoms. The molecule has 1 aromatic carbocycles. The van der Waals surface area contributed by atoms with Crippen molar-refractivity contribution in [3.8, 4) is 0 Å². The van der Waals surface area contributed by atoms with Crippen LogP contribution in [-0.4, -0.2) is 45.1 Å². The molecule has 0 radical (unpaired) electrons. The highest BCUT2D eigenvalue weighted by Crippen LogP contribution is 2.30. The number of likely N-dealkylation sites (tertiary alicyclic amines) is 1. The fourth-order valence-electron chi connectivity index (χ4n) is 4.25. The van der Waals surface area contributed by atoms with E-state index in [1.165, 1.54) is 12.1 Å². The Hall–Kier alpha value is -3.30. The molecule has 2 amide bonds. The second-order valence-corrected chi connectivity index (χ2v) is 9.76. The minimum absolute atomic E-state index is 0.125. The Morgan fingerprint density at radius 2 is 1.86 bits per heavy atom. The third kappa shape index (κ3) is 6.47. The maximum Gasteiger partial charge on any atom is 0.416 e. The predicted octanol–water partition coefficient (Wildman–Crippen LogP) is 4.72. The molecule has 10 heteroatoms. The lowest BCUT2D eigenvalue weighted by Crippen LogP contribution is -2.41. The van der Waals surface area contributed by atoms with Crippen LogP contribution < -0.4 is 16.0 Å². The van der Waals surface area contributed by atoms with Crippen molar-refractivity contribution in [3.63, 3.8) is 0 Å². The number of hydrogen-bond acceptors (Lipinski definition) is 4. The van der Waals surface area contributed by atoms with Crippen molar-refractivity contribution in [2.24, 2.45) is 0 Å². The predicted molar refractivity (Wildman–Crippen MR) is 132 cm³/mol. The number of ether oxygens (including phenoxy) is 1. The second kappa shape index (κ2) is 10.8. The molecular formula is C26H33F3N4O3. The maximum atomic E-state index is 13.2. The number of nitrogens with one attached hydrogen (secondary N) is 1. The van der Waals surface area contributed by atoms with Crippen LogP contribution in [0.4, 0.5) is 23.9 Å². The molecule has 0 saturated carbocycles. The number of rotatable bonds is 3. The number of anilines is 1. The average molecular weight is 507 g/mol. The Kier molecular flexibility index (Phi) is 8.15. The van der Waals surface area contributed by atoms with Gasteiger partial charge in [0.05, 0.1) is 22.3 Å². The summed E-state index contributed by atoms with van der Waals surface area (Å²) in [7, 11) is 0. The number of hydrogen-bond donors (Lipinski definition) is 1. The molecule has 196 valence electrons. The molecule has 0 bridgehead atoms. The fourth-order valence-corrected chi connectivity index (χ4v) is 4.25. The van der Waals surface area contributed by atoms with E-state index in [2.05, 4.69) is 10.3 Å². The van der Waals surface area contributed by atoms with E-state index in [9.17, 15) is 22.8 Å². The van der Waals surface area contributed by atoms with E-state index in [4.69, 9.17) is 4.74 Å². The second-order valence-electron chi connectivity index (χ2n) is 9.76. The summed E-state index contributed by atoms with van der Waals surface area (Å²) in [6.07, 6.45) is 1.07. The van der Waals surface area contributed by atoms with Gasteiger partial charge in [-0.15, -0.1) is 0 Å². The van der Waals surface area contributed by atoms with E-state index in [1.54, 1.807) is 11.0 Å². The van der Waals surface area contributed by atoms with Crippen molar-refractivity contribution in [3.05, 3.63) is 46.1 Å². The number of aromatic nitrogens is 2. The van der Waals surface area contributed by atoms with E-state index >= 15 is 0 Å². The van der Waals surface area contributed by atoms with Gasteiger partial charge in [-0.05, 0) is 72.1 Å². The summed E-state index contributed by atoms with van der Waals surface area (Å²) in [5.74, 6) is -0.482. The van der Waals surface area contributed by atoms with E-state index in [0.717, 1.165) is 36.7 Å². The average Bonchev–Trinajstić information content (AvgIpc) is 2.96. The molecule has 0 aliphatic carbocycles. The molecule has 1 fully saturated rings. The summed E-state index contributed by atoms with van der Waals surface area (Å²) in [4.78, 5) is 32.0. The van der Waals surface area contributed by atoms with Gasteiger partial charge in [0.15, 0.2) is 0 Å². The number of alkyl halides is 3. The molecule has 3 rings (SSSR count). The summed E-state index contributed by atoms with van der Waals surface area (Å²) in [5, 5.41) is 4.09. The number of benzene rings is 1. The highest BCUT2D eigenvalue weighted by atomic mass is 19.4. The SMILES string of the molecule is CC=c1nc(NC(=O)c2cccc(C(F)(F)F)c2)n(C2CCCCN(C(=O)OC(C)(C)C)C2)c1=CC. The first-order valence-corrected chi connectivity index (χ1v) is 12.0. The summed E-state index contributed by atoms with van der Waals surface area (Å²) in [6.45, 7) is 9.99. The molecule has 1 atom stereocenters. The largest absolute Gasteiger partial charge is 0.444 e. The molecule has 1 saturated heterocycles. The first-order chi connectivity index (χ1) is 16.8. The van der Waals surface area contributed by atoms with Gasteiger partial charge in [-0.2, -0.15) is 13.2 Å². The molecule has 1 aromatic heterocycles. The number of carbonyl (C=O) groups excluding carboxylic acids is 2. The van der Waals surface area contributed by atoms with Crippen LogP contribution in [0.2, 0.25) is 0 Å². The Bertz CT molecular complexity index is 1230.